The van der Waals surface area contributed by atoms with Crippen molar-refractivity contribution in [2.75, 3.05) is 0 Å². The summed E-state index contributed by atoms with van der Waals surface area (Å²) in [5.74, 6) is 0.307. The predicted octanol–water partition coefficient (Wildman–Crippen LogP) is 2.58. The van der Waals surface area contributed by atoms with Crippen LogP contribution in [0.4, 0.5) is 0 Å². The zero-order valence-corrected chi connectivity index (χ0v) is 10.2. The molecule has 0 aliphatic rings. The Balaban J connectivity index is 2.70. The number of carbonyl (C=O) groups is 1. The molecule has 0 aliphatic carbocycles. The van der Waals surface area contributed by atoms with Crippen LogP contribution in [0.1, 0.15) is 13.3 Å². The third kappa shape index (κ3) is 3.11. The molecule has 14 heavy (non-hydrogen) atoms. The lowest BCUT2D eigenvalue weighted by atomic mass is 10.3. The zero-order valence-electron chi connectivity index (χ0n) is 9.21. The molecule has 0 N–H and O–H groups in total. The third-order valence-corrected chi connectivity index (χ3v) is 6.05. The average Bonchev–Trinajstić information content (AvgIpc) is 2.16. The number of Topliss-reactive ketones (excluding diaryl/α,β-unsaturated/α-hetero) is 1. The maximum atomic E-state index is 10.9. The fourth-order valence-electron chi connectivity index (χ4n) is 1.52. The van der Waals surface area contributed by atoms with E-state index < -0.39 is 8.07 Å². The largest absolute Gasteiger partial charge is 0.300 e. The van der Waals surface area contributed by atoms with Crippen molar-refractivity contribution in [2.45, 2.75) is 32.5 Å². The summed E-state index contributed by atoms with van der Waals surface area (Å²) < 4.78 is 0. The van der Waals surface area contributed by atoms with Crippen LogP contribution in [0.5, 0.6) is 0 Å². The molecule has 0 spiro atoms. The first kappa shape index (κ1) is 11.2. The van der Waals surface area contributed by atoms with Gasteiger partial charge in [-0.3, -0.25) is 0 Å². The fourth-order valence-corrected chi connectivity index (χ4v) is 3.88. The highest BCUT2D eigenvalue weighted by Crippen LogP contribution is 2.12. The summed E-state index contributed by atoms with van der Waals surface area (Å²) in [7, 11) is -1.36. The van der Waals surface area contributed by atoms with Gasteiger partial charge >= 0.3 is 0 Å². The monoisotopic (exact) mass is 206 g/mol. The molecule has 0 saturated heterocycles. The Morgan fingerprint density at radius 3 is 2.29 bits per heavy atom. The van der Waals surface area contributed by atoms with Crippen molar-refractivity contribution in [3.05, 3.63) is 30.3 Å². The van der Waals surface area contributed by atoms with Crippen molar-refractivity contribution < 1.29 is 4.79 Å². The number of carbonyl (C=O) groups excluding carboxylic acids is 1. The average molecular weight is 206 g/mol. The van der Waals surface area contributed by atoms with Gasteiger partial charge in [0.1, 0.15) is 5.78 Å². The zero-order chi connectivity index (χ0) is 10.6. The SMILES string of the molecule is CC(=O)CC[Si](C)(C)c1ccccc1. The molecule has 0 unspecified atom stereocenters. The van der Waals surface area contributed by atoms with Gasteiger partial charge in [0.25, 0.3) is 0 Å². The standard InChI is InChI=1S/C12H18OSi/c1-11(13)9-10-14(2,3)12-7-5-4-6-8-12/h4-8H,9-10H2,1-3H3. The van der Waals surface area contributed by atoms with Gasteiger partial charge in [-0.05, 0) is 13.0 Å². The molecule has 0 aromatic heterocycles. The second-order valence-corrected chi connectivity index (χ2v) is 9.30. The molecular formula is C12H18OSi. The molecular weight excluding hydrogens is 188 g/mol. The van der Waals surface area contributed by atoms with E-state index in [-0.39, 0.29) is 0 Å². The van der Waals surface area contributed by atoms with Gasteiger partial charge in [-0.25, -0.2) is 0 Å². The highest BCUT2D eigenvalue weighted by molar-refractivity contribution is 6.89. The lowest BCUT2D eigenvalue weighted by Crippen LogP contribution is -2.41. The van der Waals surface area contributed by atoms with Crippen LogP contribution in [0.3, 0.4) is 0 Å². The summed E-state index contributed by atoms with van der Waals surface area (Å²) in [4.78, 5) is 10.9. The van der Waals surface area contributed by atoms with Crippen molar-refractivity contribution in [3.8, 4) is 0 Å². The van der Waals surface area contributed by atoms with Gasteiger partial charge in [-0.2, -0.15) is 0 Å². The minimum atomic E-state index is -1.36. The fraction of sp³-hybridized carbons (Fsp3) is 0.417. The highest BCUT2D eigenvalue weighted by atomic mass is 28.3. The van der Waals surface area contributed by atoms with Crippen molar-refractivity contribution in [1.82, 2.24) is 0 Å². The molecule has 1 aromatic carbocycles. The first-order chi connectivity index (χ1) is 6.52. The van der Waals surface area contributed by atoms with Crippen LogP contribution in [0, 0.1) is 0 Å². The molecule has 2 heteroatoms. The van der Waals surface area contributed by atoms with E-state index in [1.54, 1.807) is 6.92 Å². The van der Waals surface area contributed by atoms with Crippen molar-refractivity contribution in [2.24, 2.45) is 0 Å². The predicted molar refractivity (Wildman–Crippen MR) is 63.7 cm³/mol. The quantitative estimate of drug-likeness (QED) is 0.692. The second kappa shape index (κ2) is 4.56. The van der Waals surface area contributed by atoms with E-state index in [1.807, 2.05) is 6.07 Å². The Morgan fingerprint density at radius 1 is 1.21 bits per heavy atom. The van der Waals surface area contributed by atoms with Gasteiger partial charge in [-0.15, -0.1) is 0 Å². The minimum Gasteiger partial charge on any atom is -0.300 e. The summed E-state index contributed by atoms with van der Waals surface area (Å²) in [5.41, 5.74) is 0. The molecule has 0 radical (unpaired) electrons. The van der Waals surface area contributed by atoms with E-state index in [0.29, 0.717) is 5.78 Å². The second-order valence-electron chi connectivity index (χ2n) is 4.45. The van der Waals surface area contributed by atoms with Crippen LogP contribution >= 0.6 is 0 Å². The Hall–Kier alpha value is -0.893. The molecule has 0 saturated carbocycles. The van der Waals surface area contributed by atoms with Crippen LogP contribution in [-0.2, 0) is 4.79 Å². The van der Waals surface area contributed by atoms with Crippen molar-refractivity contribution in [1.29, 1.82) is 0 Å². The van der Waals surface area contributed by atoms with Crippen molar-refractivity contribution in [3.63, 3.8) is 0 Å². The van der Waals surface area contributed by atoms with E-state index in [2.05, 4.69) is 37.4 Å². The van der Waals surface area contributed by atoms with E-state index in [0.717, 1.165) is 12.5 Å². The summed E-state index contributed by atoms with van der Waals surface area (Å²) >= 11 is 0. The first-order valence-corrected chi connectivity index (χ1v) is 8.28. The van der Waals surface area contributed by atoms with Gasteiger partial charge in [0.15, 0.2) is 0 Å². The first-order valence-electron chi connectivity index (χ1n) is 5.07. The Bertz CT molecular complexity index is 303. The van der Waals surface area contributed by atoms with E-state index in [1.165, 1.54) is 5.19 Å². The van der Waals surface area contributed by atoms with Crippen LogP contribution in [0.15, 0.2) is 30.3 Å². The Labute approximate surface area is 87.2 Å². The Morgan fingerprint density at radius 2 is 1.79 bits per heavy atom. The molecule has 1 aromatic rings. The third-order valence-electron chi connectivity index (χ3n) is 2.66. The summed E-state index contributed by atoms with van der Waals surface area (Å²) in [6, 6.07) is 11.6. The van der Waals surface area contributed by atoms with Crippen LogP contribution in [-0.4, -0.2) is 13.9 Å². The van der Waals surface area contributed by atoms with Gasteiger partial charge in [0.05, 0.1) is 8.07 Å². The number of hydrogen-bond donors (Lipinski definition) is 0. The molecule has 0 heterocycles. The maximum absolute atomic E-state index is 10.9. The molecule has 1 rings (SSSR count). The van der Waals surface area contributed by atoms with E-state index in [9.17, 15) is 4.79 Å². The van der Waals surface area contributed by atoms with Crippen LogP contribution < -0.4 is 5.19 Å². The summed E-state index contributed by atoms with van der Waals surface area (Å²) in [6.07, 6.45) is 0.730. The molecule has 76 valence electrons. The number of hydrogen-bond acceptors (Lipinski definition) is 1. The molecule has 0 aliphatic heterocycles. The maximum Gasteiger partial charge on any atom is 0.129 e. The molecule has 0 amide bonds. The molecule has 0 bridgehead atoms. The summed E-state index contributed by atoms with van der Waals surface area (Å²) in [6.45, 7) is 6.33. The van der Waals surface area contributed by atoms with Crippen LogP contribution in [0.25, 0.3) is 0 Å². The molecule has 0 atom stereocenters. The van der Waals surface area contributed by atoms with Gasteiger partial charge in [0, 0.05) is 6.42 Å². The lowest BCUT2D eigenvalue weighted by molar-refractivity contribution is -0.116. The van der Waals surface area contributed by atoms with Gasteiger partial charge in [0.2, 0.25) is 0 Å². The van der Waals surface area contributed by atoms with Gasteiger partial charge < -0.3 is 4.79 Å². The number of benzene rings is 1. The van der Waals surface area contributed by atoms with E-state index >= 15 is 0 Å². The molecule has 1 nitrogen and oxygen atoms in total. The normalized spacial score (nSPS) is 11.4. The highest BCUT2D eigenvalue weighted by Gasteiger charge is 2.22. The van der Waals surface area contributed by atoms with Crippen LogP contribution in [0.2, 0.25) is 19.1 Å². The summed E-state index contributed by atoms with van der Waals surface area (Å²) in [5, 5.41) is 1.45. The minimum absolute atomic E-state index is 0.307. The smallest absolute Gasteiger partial charge is 0.129 e. The molecule has 0 fully saturated rings. The van der Waals surface area contributed by atoms with Crippen molar-refractivity contribution >= 4 is 19.0 Å². The number of rotatable bonds is 4. The topological polar surface area (TPSA) is 17.1 Å². The Kier molecular flexibility index (Phi) is 3.64. The lowest BCUT2D eigenvalue weighted by Gasteiger charge is -2.22. The van der Waals surface area contributed by atoms with Gasteiger partial charge in [-0.1, -0.05) is 48.6 Å². The van der Waals surface area contributed by atoms with E-state index in [4.69, 9.17) is 0 Å². The number of ketones is 1.